The van der Waals surface area contributed by atoms with Crippen LogP contribution in [0.15, 0.2) is 0 Å². The van der Waals surface area contributed by atoms with Crippen LogP contribution in [0.5, 0.6) is 0 Å². The summed E-state index contributed by atoms with van der Waals surface area (Å²) >= 11 is 0. The van der Waals surface area contributed by atoms with E-state index in [1.807, 2.05) is 0 Å². The van der Waals surface area contributed by atoms with Crippen LogP contribution in [0.2, 0.25) is 0 Å². The third kappa shape index (κ3) is 33.6. The number of carbonyl (C=O) groups is 7. The van der Waals surface area contributed by atoms with Crippen molar-refractivity contribution in [3.05, 3.63) is 0 Å². The molecule has 1 heterocycles. The number of hydrogen-bond acceptors (Lipinski definition) is 11. The number of ketones is 1. The first-order chi connectivity index (χ1) is 29.5. The Balaban J connectivity index is 2.02. The number of likely N-dealkylation sites (tertiary alicyclic amines) is 1. The summed E-state index contributed by atoms with van der Waals surface area (Å²) in [6, 6.07) is -1.20. The van der Waals surface area contributed by atoms with E-state index in [1.54, 1.807) is 4.90 Å². The molecular formula is C44H78N4O13. The van der Waals surface area contributed by atoms with Crippen molar-refractivity contribution in [3.63, 3.8) is 0 Å². The van der Waals surface area contributed by atoms with Crippen LogP contribution >= 0.6 is 0 Å². The maximum atomic E-state index is 12.9. The summed E-state index contributed by atoms with van der Waals surface area (Å²) in [6.45, 7) is 4.27. The maximum absolute atomic E-state index is 12.9. The fourth-order valence-electron chi connectivity index (χ4n) is 6.88. The van der Waals surface area contributed by atoms with Crippen LogP contribution in [0.1, 0.15) is 148 Å². The van der Waals surface area contributed by atoms with E-state index in [9.17, 15) is 38.7 Å². The summed E-state index contributed by atoms with van der Waals surface area (Å²) in [5, 5.41) is 26.2. The zero-order chi connectivity index (χ0) is 44.8. The van der Waals surface area contributed by atoms with E-state index in [0.717, 1.165) is 38.5 Å². The van der Waals surface area contributed by atoms with Crippen molar-refractivity contribution in [1.82, 2.24) is 20.9 Å². The fraction of sp³-hybridized carbons (Fsp3) is 0.841. The molecule has 0 aromatic carbocycles. The molecule has 61 heavy (non-hydrogen) atoms. The molecule has 1 aliphatic heterocycles. The first kappa shape index (κ1) is 55.3. The number of nitrogens with zero attached hydrogens (tertiary/aromatic N) is 1. The number of Topliss-reactive ketones (excluding diaryl/α,β-unsaturated/α-hetero) is 1. The topological polar surface area (TPSA) is 236 Å². The zero-order valence-corrected chi connectivity index (χ0v) is 37.0. The van der Waals surface area contributed by atoms with E-state index in [0.29, 0.717) is 58.7 Å². The Morgan fingerprint density at radius 3 is 1.48 bits per heavy atom. The molecule has 0 aliphatic carbocycles. The minimum atomic E-state index is -1.21. The van der Waals surface area contributed by atoms with Crippen LogP contribution in [0.25, 0.3) is 0 Å². The molecule has 5 N–H and O–H groups in total. The van der Waals surface area contributed by atoms with E-state index in [4.69, 9.17) is 24.1 Å². The number of hydrogen-bond donors (Lipinski definition) is 5. The van der Waals surface area contributed by atoms with Crippen LogP contribution < -0.4 is 16.0 Å². The summed E-state index contributed by atoms with van der Waals surface area (Å²) < 4.78 is 21.0. The molecule has 0 saturated carbocycles. The molecule has 0 aromatic rings. The van der Waals surface area contributed by atoms with Crippen molar-refractivity contribution < 1.29 is 62.7 Å². The number of nitrogens with one attached hydrogen (secondary N) is 3. The lowest BCUT2D eigenvalue weighted by molar-refractivity contribution is -0.143. The number of carboxylic acids is 2. The van der Waals surface area contributed by atoms with Gasteiger partial charge in [-0.3, -0.25) is 28.8 Å². The van der Waals surface area contributed by atoms with Crippen LogP contribution in [0.3, 0.4) is 0 Å². The highest BCUT2D eigenvalue weighted by atomic mass is 16.5. The van der Waals surface area contributed by atoms with Gasteiger partial charge in [0.1, 0.15) is 19.3 Å². The van der Waals surface area contributed by atoms with E-state index < -0.39 is 18.0 Å². The largest absolute Gasteiger partial charge is 0.481 e. The van der Waals surface area contributed by atoms with Gasteiger partial charge in [-0.25, -0.2) is 4.79 Å². The highest BCUT2D eigenvalue weighted by Gasteiger charge is 2.30. The van der Waals surface area contributed by atoms with Crippen molar-refractivity contribution in [2.75, 3.05) is 79.0 Å². The summed E-state index contributed by atoms with van der Waals surface area (Å²) in [4.78, 5) is 84.7. The molecule has 352 valence electrons. The molecule has 0 aromatic heterocycles. The Bertz CT molecular complexity index is 1230. The molecule has 1 atom stereocenters. The molecule has 1 rings (SSSR count). The summed E-state index contributed by atoms with van der Waals surface area (Å²) in [7, 11) is 0. The lowest BCUT2D eigenvalue weighted by Crippen LogP contribution is -2.47. The van der Waals surface area contributed by atoms with Crippen molar-refractivity contribution in [3.8, 4) is 0 Å². The number of rotatable bonds is 41. The van der Waals surface area contributed by atoms with E-state index in [2.05, 4.69) is 16.0 Å². The van der Waals surface area contributed by atoms with Gasteiger partial charge in [0.05, 0.1) is 39.6 Å². The van der Waals surface area contributed by atoms with Crippen molar-refractivity contribution >= 4 is 41.4 Å². The summed E-state index contributed by atoms with van der Waals surface area (Å²) in [6.07, 6.45) is 20.1. The predicted octanol–water partition coefficient (Wildman–Crippen LogP) is 4.57. The maximum Gasteiger partial charge on any atom is 0.326 e. The Kier molecular flexibility index (Phi) is 34.5. The average molecular weight is 871 g/mol. The van der Waals surface area contributed by atoms with Crippen LogP contribution in [0.4, 0.5) is 0 Å². The quantitative estimate of drug-likeness (QED) is 0.0531. The minimum Gasteiger partial charge on any atom is -0.481 e. The molecular weight excluding hydrogens is 792 g/mol. The molecule has 17 nitrogen and oxygen atoms in total. The Morgan fingerprint density at radius 1 is 0.557 bits per heavy atom. The van der Waals surface area contributed by atoms with Gasteiger partial charge in [0.15, 0.2) is 5.78 Å². The second-order valence-electron chi connectivity index (χ2n) is 15.9. The van der Waals surface area contributed by atoms with Gasteiger partial charge in [-0.2, -0.15) is 0 Å². The van der Waals surface area contributed by atoms with Gasteiger partial charge < -0.3 is 50.0 Å². The van der Waals surface area contributed by atoms with Gasteiger partial charge in [0.2, 0.25) is 23.6 Å². The standard InChI is InChI=1S/C44H78N4O13/c1-36(49)34-60-32-30-59-29-25-46-40(51)35-61-33-31-58-28-24-45-39(50)21-20-38(44(56)57)47-43(55)37-22-26-48(27-23-37)41(52)18-16-14-12-10-8-6-4-2-3-5-7-9-11-13-15-17-19-42(53)54/h37-38H,2-35H2,1H3,(H,45,50)(H,46,51)(H,47,55)(H,53,54)(H,56,57). The SMILES string of the molecule is CC(=O)COCCOCCNC(=O)COCCOCCNC(=O)CCC(NC(=O)C1CCN(C(=O)CCCCCCCCCCCCCCCCCCC(=O)O)CC1)C(=O)O. The second kappa shape index (κ2) is 38.0. The highest BCUT2D eigenvalue weighted by molar-refractivity contribution is 5.86. The molecule has 0 bridgehead atoms. The molecule has 4 amide bonds. The smallest absolute Gasteiger partial charge is 0.326 e. The van der Waals surface area contributed by atoms with Crippen molar-refractivity contribution in [2.24, 2.45) is 5.92 Å². The van der Waals surface area contributed by atoms with E-state index in [-0.39, 0.29) is 94.2 Å². The molecule has 1 saturated heterocycles. The number of carboxylic acid groups (broad SMARTS) is 2. The Hall–Kier alpha value is -3.67. The van der Waals surface area contributed by atoms with Gasteiger partial charge in [-0.05, 0) is 39.0 Å². The lowest BCUT2D eigenvalue weighted by Gasteiger charge is -2.32. The predicted molar refractivity (Wildman–Crippen MR) is 229 cm³/mol. The monoisotopic (exact) mass is 871 g/mol. The number of aliphatic carboxylic acids is 2. The number of ether oxygens (including phenoxy) is 4. The van der Waals surface area contributed by atoms with Gasteiger partial charge in [-0.15, -0.1) is 0 Å². The van der Waals surface area contributed by atoms with E-state index in [1.165, 1.54) is 71.1 Å². The molecule has 17 heteroatoms. The Labute approximate surface area is 363 Å². The summed E-state index contributed by atoms with van der Waals surface area (Å²) in [5.41, 5.74) is 0. The zero-order valence-electron chi connectivity index (χ0n) is 37.0. The molecule has 0 spiro atoms. The first-order valence-corrected chi connectivity index (χ1v) is 22.9. The number of piperidine rings is 1. The number of amides is 4. The molecule has 1 aliphatic rings. The van der Waals surface area contributed by atoms with Gasteiger partial charge >= 0.3 is 11.9 Å². The number of carbonyl (C=O) groups excluding carboxylic acids is 5. The van der Waals surface area contributed by atoms with E-state index >= 15 is 0 Å². The van der Waals surface area contributed by atoms with Crippen LogP contribution in [0, 0.1) is 5.92 Å². The first-order valence-electron chi connectivity index (χ1n) is 22.9. The normalized spacial score (nSPS) is 13.4. The van der Waals surface area contributed by atoms with Crippen molar-refractivity contribution in [2.45, 2.75) is 154 Å². The minimum absolute atomic E-state index is 0.0507. The van der Waals surface area contributed by atoms with Crippen LogP contribution in [-0.2, 0) is 52.5 Å². The third-order valence-corrected chi connectivity index (χ3v) is 10.4. The van der Waals surface area contributed by atoms with Crippen molar-refractivity contribution in [1.29, 1.82) is 0 Å². The third-order valence-electron chi connectivity index (χ3n) is 10.4. The second-order valence-corrected chi connectivity index (χ2v) is 15.9. The van der Waals surface area contributed by atoms with Gasteiger partial charge in [0, 0.05) is 51.4 Å². The average Bonchev–Trinajstić information content (AvgIpc) is 3.23. The molecule has 1 fully saturated rings. The van der Waals surface area contributed by atoms with Crippen LogP contribution in [-0.4, -0.2) is 142 Å². The molecule has 0 radical (unpaired) electrons. The van der Waals surface area contributed by atoms with Gasteiger partial charge in [0.25, 0.3) is 0 Å². The van der Waals surface area contributed by atoms with Gasteiger partial charge in [-0.1, -0.05) is 89.9 Å². The summed E-state index contributed by atoms with van der Waals surface area (Å²) in [5.74, 6) is -3.30. The fourth-order valence-corrected chi connectivity index (χ4v) is 6.88. The Morgan fingerprint density at radius 2 is 1.00 bits per heavy atom. The lowest BCUT2D eigenvalue weighted by atomic mass is 9.95. The number of unbranched alkanes of at least 4 members (excludes halogenated alkanes) is 15. The highest BCUT2D eigenvalue weighted by Crippen LogP contribution is 2.20. The molecule has 1 unspecified atom stereocenters.